The first-order valence-electron chi connectivity index (χ1n) is 6.65. The number of piperidine rings is 1. The largest absolute Gasteiger partial charge is 0.468 e. The van der Waals surface area contributed by atoms with Crippen LogP contribution in [0.15, 0.2) is 22.8 Å². The number of furan rings is 1. The van der Waals surface area contributed by atoms with Gasteiger partial charge in [-0.3, -0.25) is 0 Å². The van der Waals surface area contributed by atoms with Gasteiger partial charge < -0.3 is 4.42 Å². The molecule has 2 heterocycles. The lowest BCUT2D eigenvalue weighted by atomic mass is 10.2. The fraction of sp³-hybridized carbons (Fsp3) is 0.667. The molecule has 1 aliphatic heterocycles. The molecule has 0 bridgehead atoms. The molecule has 0 amide bonds. The summed E-state index contributed by atoms with van der Waals surface area (Å²) in [7, 11) is -3.86. The fourth-order valence-electron chi connectivity index (χ4n) is 2.36. The Balaban J connectivity index is 2.01. The van der Waals surface area contributed by atoms with Gasteiger partial charge in [0.1, 0.15) is 11.5 Å². The van der Waals surface area contributed by atoms with Gasteiger partial charge in [-0.15, -0.1) is 0 Å². The summed E-state index contributed by atoms with van der Waals surface area (Å²) in [5.41, 5.74) is 0. The molecule has 0 radical (unpaired) electrons. The van der Waals surface area contributed by atoms with Gasteiger partial charge in [-0.05, 0) is 25.0 Å². The maximum atomic E-state index is 12.3. The van der Waals surface area contributed by atoms with E-state index in [9.17, 15) is 16.8 Å². The van der Waals surface area contributed by atoms with Crippen molar-refractivity contribution < 1.29 is 21.3 Å². The number of hydrogen-bond acceptors (Lipinski definition) is 5. The van der Waals surface area contributed by atoms with E-state index in [1.54, 1.807) is 12.1 Å². The van der Waals surface area contributed by atoms with E-state index in [1.165, 1.54) is 24.7 Å². The number of nitrogens with zero attached hydrogens (tertiary/aromatic N) is 2. The zero-order valence-electron chi connectivity index (χ0n) is 12.1. The molecule has 0 aromatic carbocycles. The van der Waals surface area contributed by atoms with Crippen LogP contribution < -0.4 is 0 Å². The molecular weight excluding hydrogens is 316 g/mol. The molecule has 1 fully saturated rings. The summed E-state index contributed by atoms with van der Waals surface area (Å²) in [5, 5.41) is -0.517. The van der Waals surface area contributed by atoms with Gasteiger partial charge in [-0.25, -0.2) is 8.42 Å². The van der Waals surface area contributed by atoms with Gasteiger partial charge in [0.25, 0.3) is 10.2 Å². The number of sulfone groups is 1. The van der Waals surface area contributed by atoms with Gasteiger partial charge >= 0.3 is 0 Å². The average Bonchev–Trinajstić information content (AvgIpc) is 2.91. The first kappa shape index (κ1) is 16.5. The third-order valence-electron chi connectivity index (χ3n) is 3.62. The molecule has 7 nitrogen and oxygen atoms in total. The van der Waals surface area contributed by atoms with E-state index in [4.69, 9.17) is 4.42 Å². The normalized spacial score (nSPS) is 19.2. The minimum absolute atomic E-state index is 0.134. The standard InChI is InChI=1S/C12H20N2O5S2/c1-13(2)21(17,18)14-7-5-12(6-8-14)20(15,16)10-11-4-3-9-19-11/h3-4,9,12H,5-8,10H2,1-2H3. The summed E-state index contributed by atoms with van der Waals surface area (Å²) in [6.45, 7) is 0.450. The summed E-state index contributed by atoms with van der Waals surface area (Å²) in [6, 6.07) is 3.28. The van der Waals surface area contributed by atoms with Crippen LogP contribution in [0.25, 0.3) is 0 Å². The monoisotopic (exact) mass is 336 g/mol. The van der Waals surface area contributed by atoms with Gasteiger partial charge in [0.05, 0.1) is 11.5 Å². The lowest BCUT2D eigenvalue weighted by molar-refractivity contribution is 0.324. The van der Waals surface area contributed by atoms with Crippen LogP contribution in [0.1, 0.15) is 18.6 Å². The second-order valence-corrected chi connectivity index (χ2v) is 9.70. The summed E-state index contributed by atoms with van der Waals surface area (Å²) < 4.78 is 56.1. The van der Waals surface area contributed by atoms with Crippen LogP contribution in [-0.2, 0) is 25.8 Å². The Morgan fingerprint density at radius 1 is 1.24 bits per heavy atom. The molecule has 1 aliphatic rings. The predicted molar refractivity (Wildman–Crippen MR) is 78.5 cm³/mol. The molecule has 9 heteroatoms. The molecule has 0 unspecified atom stereocenters. The van der Waals surface area contributed by atoms with Crippen LogP contribution in [0, 0.1) is 0 Å². The van der Waals surface area contributed by atoms with Crippen molar-refractivity contribution in [1.82, 2.24) is 8.61 Å². The van der Waals surface area contributed by atoms with Crippen LogP contribution in [-0.4, -0.2) is 57.9 Å². The van der Waals surface area contributed by atoms with Crippen molar-refractivity contribution in [2.75, 3.05) is 27.2 Å². The highest BCUT2D eigenvalue weighted by molar-refractivity contribution is 7.91. The minimum Gasteiger partial charge on any atom is -0.468 e. The molecule has 0 spiro atoms. The summed E-state index contributed by atoms with van der Waals surface area (Å²) in [5.74, 6) is 0.281. The Bertz CT molecular complexity index is 657. The maximum absolute atomic E-state index is 12.3. The first-order valence-corrected chi connectivity index (χ1v) is 9.76. The molecule has 1 saturated heterocycles. The Morgan fingerprint density at radius 3 is 2.33 bits per heavy atom. The van der Waals surface area contributed by atoms with Gasteiger partial charge in [0.2, 0.25) is 0 Å². The highest BCUT2D eigenvalue weighted by atomic mass is 32.2. The smallest absolute Gasteiger partial charge is 0.281 e. The summed E-state index contributed by atoms with van der Waals surface area (Å²) in [4.78, 5) is 0. The van der Waals surface area contributed by atoms with Crippen molar-refractivity contribution in [1.29, 1.82) is 0 Å². The van der Waals surface area contributed by atoms with Gasteiger partial charge in [-0.1, -0.05) is 0 Å². The molecule has 1 aromatic heterocycles. The predicted octanol–water partition coefficient (Wildman–Crippen LogP) is 0.465. The fourth-order valence-corrected chi connectivity index (χ4v) is 5.22. The van der Waals surface area contributed by atoms with E-state index in [0.29, 0.717) is 18.6 Å². The van der Waals surface area contributed by atoms with Crippen LogP contribution in [0.5, 0.6) is 0 Å². The zero-order valence-corrected chi connectivity index (χ0v) is 13.7. The van der Waals surface area contributed by atoms with Crippen molar-refractivity contribution in [3.63, 3.8) is 0 Å². The quantitative estimate of drug-likeness (QED) is 0.780. The highest BCUT2D eigenvalue weighted by Gasteiger charge is 2.35. The van der Waals surface area contributed by atoms with Gasteiger partial charge in [0.15, 0.2) is 9.84 Å². The molecule has 0 aliphatic carbocycles. The van der Waals surface area contributed by atoms with Crippen molar-refractivity contribution in [2.24, 2.45) is 0 Å². The van der Waals surface area contributed by atoms with E-state index in [0.717, 1.165) is 4.31 Å². The van der Waals surface area contributed by atoms with E-state index in [-0.39, 0.29) is 18.8 Å². The molecule has 21 heavy (non-hydrogen) atoms. The Hall–Kier alpha value is -0.900. The lowest BCUT2D eigenvalue weighted by Gasteiger charge is -2.32. The Labute approximate surface area is 125 Å². The van der Waals surface area contributed by atoms with Crippen molar-refractivity contribution in [2.45, 2.75) is 23.8 Å². The topological polar surface area (TPSA) is 87.9 Å². The van der Waals surface area contributed by atoms with E-state index in [2.05, 4.69) is 0 Å². The van der Waals surface area contributed by atoms with Crippen molar-refractivity contribution in [3.05, 3.63) is 24.2 Å². The second kappa shape index (κ2) is 6.07. The second-order valence-electron chi connectivity index (χ2n) is 5.28. The number of hydrogen-bond donors (Lipinski definition) is 0. The molecule has 120 valence electrons. The molecule has 0 atom stereocenters. The van der Waals surface area contributed by atoms with Crippen molar-refractivity contribution in [3.8, 4) is 0 Å². The average molecular weight is 336 g/mol. The molecule has 0 saturated carbocycles. The van der Waals surface area contributed by atoms with Crippen LogP contribution in [0.2, 0.25) is 0 Å². The van der Waals surface area contributed by atoms with E-state index >= 15 is 0 Å². The SMILES string of the molecule is CN(C)S(=O)(=O)N1CCC(S(=O)(=O)Cc2ccco2)CC1. The molecule has 0 N–H and O–H groups in total. The van der Waals surface area contributed by atoms with Gasteiger partial charge in [0, 0.05) is 27.2 Å². The molecular formula is C12H20N2O5S2. The molecule has 1 aromatic rings. The molecule has 2 rings (SSSR count). The van der Waals surface area contributed by atoms with Crippen LogP contribution >= 0.6 is 0 Å². The Morgan fingerprint density at radius 2 is 1.86 bits per heavy atom. The summed E-state index contributed by atoms with van der Waals surface area (Å²) >= 11 is 0. The van der Waals surface area contributed by atoms with Gasteiger partial charge in [-0.2, -0.15) is 17.0 Å². The highest BCUT2D eigenvalue weighted by Crippen LogP contribution is 2.23. The van der Waals surface area contributed by atoms with Crippen LogP contribution in [0.4, 0.5) is 0 Å². The van der Waals surface area contributed by atoms with E-state index in [1.807, 2.05) is 0 Å². The van der Waals surface area contributed by atoms with Crippen molar-refractivity contribution >= 4 is 20.0 Å². The minimum atomic E-state index is -3.47. The third-order valence-corrected chi connectivity index (χ3v) is 7.73. The van der Waals surface area contributed by atoms with E-state index < -0.39 is 25.3 Å². The first-order chi connectivity index (χ1) is 9.73. The van der Waals surface area contributed by atoms with Crippen LogP contribution in [0.3, 0.4) is 0 Å². The maximum Gasteiger partial charge on any atom is 0.281 e. The third kappa shape index (κ3) is 3.65. The summed E-state index contributed by atoms with van der Waals surface area (Å²) in [6.07, 6.45) is 2.07. The zero-order chi connectivity index (χ0) is 15.7. The number of rotatable bonds is 5. The lowest BCUT2D eigenvalue weighted by Crippen LogP contribution is -2.46. The Kier molecular flexibility index (Phi) is 4.76.